The summed E-state index contributed by atoms with van der Waals surface area (Å²) in [5.41, 5.74) is 6.52. The van der Waals surface area contributed by atoms with Crippen LogP contribution in [0.15, 0.2) is 29.3 Å². The number of nitrogens with zero attached hydrogens (tertiary/aromatic N) is 1. The van der Waals surface area contributed by atoms with Gasteiger partial charge >= 0.3 is 6.18 Å². The first-order valence-electron chi connectivity index (χ1n) is 6.58. The summed E-state index contributed by atoms with van der Waals surface area (Å²) in [5, 5.41) is 2.98. The molecule has 0 aliphatic heterocycles. The maximum absolute atomic E-state index is 12.0. The maximum atomic E-state index is 12.0. The molecule has 1 rings (SSSR count). The minimum Gasteiger partial charge on any atom is -0.484 e. The summed E-state index contributed by atoms with van der Waals surface area (Å²) in [6.07, 6.45) is -4.33. The molecule has 0 atom stereocenters. The predicted molar refractivity (Wildman–Crippen MR) is 91.6 cm³/mol. The fourth-order valence-corrected chi connectivity index (χ4v) is 1.40. The zero-order valence-electron chi connectivity index (χ0n) is 12.5. The molecule has 0 saturated heterocycles. The molecule has 0 bridgehead atoms. The van der Waals surface area contributed by atoms with Crippen molar-refractivity contribution in [1.29, 1.82) is 0 Å². The van der Waals surface area contributed by atoms with Crippen molar-refractivity contribution in [1.82, 2.24) is 5.32 Å². The van der Waals surface area contributed by atoms with E-state index in [0.29, 0.717) is 18.4 Å². The number of rotatable bonds is 6. The van der Waals surface area contributed by atoms with E-state index in [-0.39, 0.29) is 29.7 Å². The Balaban J connectivity index is 0.00000441. The molecule has 3 N–H and O–H groups in total. The molecule has 0 saturated carbocycles. The first-order valence-corrected chi connectivity index (χ1v) is 6.58. The number of nitrogens with one attached hydrogen (secondary N) is 1. The van der Waals surface area contributed by atoms with Crippen LogP contribution in [-0.4, -0.2) is 25.3 Å². The minimum absolute atomic E-state index is 0. The molecule has 8 heteroatoms. The number of ether oxygens (including phenoxy) is 1. The molecule has 0 heterocycles. The SMILES string of the molecule is CC(C)CNC(N)=NCc1ccc(OCC(F)(F)F)cc1.I. The lowest BCUT2D eigenvalue weighted by molar-refractivity contribution is -0.153. The molecule has 0 radical (unpaired) electrons. The highest BCUT2D eigenvalue weighted by Crippen LogP contribution is 2.19. The van der Waals surface area contributed by atoms with Gasteiger partial charge in [-0.25, -0.2) is 4.99 Å². The topological polar surface area (TPSA) is 59.6 Å². The van der Waals surface area contributed by atoms with Gasteiger partial charge in [0.25, 0.3) is 0 Å². The standard InChI is InChI=1S/C14H20F3N3O.HI/c1-10(2)7-19-13(18)20-8-11-3-5-12(6-4-11)21-9-14(15,16)17;/h3-6,10H,7-9H2,1-2H3,(H3,18,19,20);1H. The van der Waals surface area contributed by atoms with Gasteiger partial charge in [0, 0.05) is 6.54 Å². The molecule has 0 aliphatic carbocycles. The molecule has 0 unspecified atom stereocenters. The quantitative estimate of drug-likeness (QED) is 0.413. The summed E-state index contributed by atoms with van der Waals surface area (Å²) >= 11 is 0. The summed E-state index contributed by atoms with van der Waals surface area (Å²) in [6, 6.07) is 6.28. The van der Waals surface area contributed by atoms with Gasteiger partial charge < -0.3 is 15.8 Å². The lowest BCUT2D eigenvalue weighted by Crippen LogP contribution is -2.34. The van der Waals surface area contributed by atoms with E-state index in [2.05, 4.69) is 28.9 Å². The lowest BCUT2D eigenvalue weighted by Gasteiger charge is -2.09. The fraction of sp³-hybridized carbons (Fsp3) is 0.500. The number of halogens is 4. The third kappa shape index (κ3) is 9.69. The van der Waals surface area contributed by atoms with E-state index in [4.69, 9.17) is 5.73 Å². The van der Waals surface area contributed by atoms with Crippen molar-refractivity contribution in [2.24, 2.45) is 16.6 Å². The second-order valence-corrected chi connectivity index (χ2v) is 5.02. The zero-order valence-corrected chi connectivity index (χ0v) is 14.8. The normalized spacial score (nSPS) is 12.0. The van der Waals surface area contributed by atoms with Crippen LogP contribution in [0, 0.1) is 5.92 Å². The molecule has 4 nitrogen and oxygen atoms in total. The first-order chi connectivity index (χ1) is 9.76. The van der Waals surface area contributed by atoms with Gasteiger partial charge in [0.1, 0.15) is 5.75 Å². The smallest absolute Gasteiger partial charge is 0.422 e. The largest absolute Gasteiger partial charge is 0.484 e. The molecule has 0 fully saturated rings. The van der Waals surface area contributed by atoms with Gasteiger partial charge in [0.15, 0.2) is 12.6 Å². The Bertz CT molecular complexity index is 461. The zero-order chi connectivity index (χ0) is 15.9. The Labute approximate surface area is 145 Å². The van der Waals surface area contributed by atoms with Crippen molar-refractivity contribution >= 4 is 29.9 Å². The highest BCUT2D eigenvalue weighted by molar-refractivity contribution is 14.0. The Morgan fingerprint density at radius 3 is 2.36 bits per heavy atom. The van der Waals surface area contributed by atoms with Crippen molar-refractivity contribution in [2.75, 3.05) is 13.2 Å². The van der Waals surface area contributed by atoms with E-state index in [1.807, 2.05) is 0 Å². The van der Waals surface area contributed by atoms with Gasteiger partial charge in [-0.05, 0) is 23.6 Å². The van der Waals surface area contributed by atoms with Crippen LogP contribution in [0.2, 0.25) is 0 Å². The molecule has 1 aromatic rings. The van der Waals surface area contributed by atoms with Gasteiger partial charge in [-0.2, -0.15) is 13.2 Å². The Hall–Kier alpha value is -1.19. The second-order valence-electron chi connectivity index (χ2n) is 5.02. The van der Waals surface area contributed by atoms with E-state index in [9.17, 15) is 13.2 Å². The van der Waals surface area contributed by atoms with E-state index < -0.39 is 12.8 Å². The fourth-order valence-electron chi connectivity index (χ4n) is 1.40. The van der Waals surface area contributed by atoms with Gasteiger partial charge in [0.05, 0.1) is 6.54 Å². The van der Waals surface area contributed by atoms with Gasteiger partial charge in [0.2, 0.25) is 0 Å². The number of hydrogen-bond donors (Lipinski definition) is 2. The first kappa shape index (κ1) is 20.8. The van der Waals surface area contributed by atoms with Crippen LogP contribution >= 0.6 is 24.0 Å². The van der Waals surface area contributed by atoms with Crippen molar-refractivity contribution in [3.8, 4) is 5.75 Å². The number of nitrogens with two attached hydrogens (primary N) is 1. The average Bonchev–Trinajstić information content (AvgIpc) is 2.41. The third-order valence-corrected chi connectivity index (χ3v) is 2.45. The maximum Gasteiger partial charge on any atom is 0.422 e. The number of aliphatic imine (C=N–C) groups is 1. The number of alkyl halides is 3. The highest BCUT2D eigenvalue weighted by atomic mass is 127. The van der Waals surface area contributed by atoms with Crippen LogP contribution in [0.25, 0.3) is 0 Å². The Morgan fingerprint density at radius 1 is 1.27 bits per heavy atom. The van der Waals surface area contributed by atoms with Crippen LogP contribution < -0.4 is 15.8 Å². The lowest BCUT2D eigenvalue weighted by atomic mass is 10.2. The second kappa shape index (κ2) is 9.75. The molecular weight excluding hydrogens is 410 g/mol. The summed E-state index contributed by atoms with van der Waals surface area (Å²) < 4.78 is 40.6. The number of benzene rings is 1. The number of guanidine groups is 1. The van der Waals surface area contributed by atoms with Crippen LogP contribution in [0.5, 0.6) is 5.75 Å². The van der Waals surface area contributed by atoms with Crippen LogP contribution in [0.3, 0.4) is 0 Å². The summed E-state index contributed by atoms with van der Waals surface area (Å²) in [6.45, 7) is 3.91. The molecular formula is C14H21F3IN3O. The van der Waals surface area contributed by atoms with Gasteiger partial charge in [-0.1, -0.05) is 26.0 Å². The molecule has 126 valence electrons. The molecule has 1 aromatic carbocycles. The van der Waals surface area contributed by atoms with Gasteiger partial charge in [-0.3, -0.25) is 0 Å². The Morgan fingerprint density at radius 2 is 1.86 bits per heavy atom. The van der Waals surface area contributed by atoms with E-state index >= 15 is 0 Å². The molecule has 0 aromatic heterocycles. The van der Waals surface area contributed by atoms with Crippen LogP contribution in [0.4, 0.5) is 13.2 Å². The molecule has 0 spiro atoms. The summed E-state index contributed by atoms with van der Waals surface area (Å²) in [5.74, 6) is 0.982. The minimum atomic E-state index is -4.33. The van der Waals surface area contributed by atoms with Crippen LogP contribution in [-0.2, 0) is 6.54 Å². The summed E-state index contributed by atoms with van der Waals surface area (Å²) in [4.78, 5) is 4.14. The number of hydrogen-bond acceptors (Lipinski definition) is 2. The van der Waals surface area contributed by atoms with Crippen molar-refractivity contribution < 1.29 is 17.9 Å². The average molecular weight is 431 g/mol. The predicted octanol–water partition coefficient (Wildman–Crippen LogP) is 3.31. The van der Waals surface area contributed by atoms with Crippen molar-refractivity contribution in [2.45, 2.75) is 26.6 Å². The molecule has 0 aliphatic rings. The summed E-state index contributed by atoms with van der Waals surface area (Å²) in [7, 11) is 0. The van der Waals surface area contributed by atoms with E-state index in [1.54, 1.807) is 12.1 Å². The third-order valence-electron chi connectivity index (χ3n) is 2.45. The molecule has 0 amide bonds. The van der Waals surface area contributed by atoms with Crippen molar-refractivity contribution in [3.05, 3.63) is 29.8 Å². The monoisotopic (exact) mass is 431 g/mol. The van der Waals surface area contributed by atoms with Crippen molar-refractivity contribution in [3.63, 3.8) is 0 Å². The highest BCUT2D eigenvalue weighted by Gasteiger charge is 2.28. The Kier molecular flexibility index (Phi) is 9.22. The van der Waals surface area contributed by atoms with E-state index in [0.717, 1.165) is 12.1 Å². The van der Waals surface area contributed by atoms with Gasteiger partial charge in [-0.15, -0.1) is 24.0 Å². The van der Waals surface area contributed by atoms with E-state index in [1.165, 1.54) is 12.1 Å². The van der Waals surface area contributed by atoms with Crippen LogP contribution in [0.1, 0.15) is 19.4 Å². The molecule has 22 heavy (non-hydrogen) atoms.